The second kappa shape index (κ2) is 7.11. The van der Waals surface area contributed by atoms with Crippen LogP contribution in [0.5, 0.6) is 0 Å². The predicted molar refractivity (Wildman–Crippen MR) is 102 cm³/mol. The van der Waals surface area contributed by atoms with Crippen molar-refractivity contribution in [2.75, 3.05) is 5.32 Å². The number of halogens is 1. The molecule has 0 aliphatic heterocycles. The van der Waals surface area contributed by atoms with Crippen LogP contribution in [0, 0.1) is 0 Å². The smallest absolute Gasteiger partial charge is 0.225 e. The van der Waals surface area contributed by atoms with Crippen molar-refractivity contribution in [3.05, 3.63) is 71.5 Å². The van der Waals surface area contributed by atoms with Crippen LogP contribution < -0.4 is 5.32 Å². The van der Waals surface area contributed by atoms with Gasteiger partial charge in [0, 0.05) is 28.9 Å². The molecular formula is C20H20ClN3O. The zero-order valence-corrected chi connectivity index (χ0v) is 15.0. The van der Waals surface area contributed by atoms with E-state index in [1.807, 2.05) is 68.6 Å². The highest BCUT2D eigenvalue weighted by molar-refractivity contribution is 6.30. The van der Waals surface area contributed by atoms with E-state index in [-0.39, 0.29) is 11.3 Å². The molecule has 25 heavy (non-hydrogen) atoms. The lowest BCUT2D eigenvalue weighted by atomic mass is 9.81. The lowest BCUT2D eigenvalue weighted by Gasteiger charge is -2.25. The minimum absolute atomic E-state index is 0.0268. The summed E-state index contributed by atoms with van der Waals surface area (Å²) in [5.41, 5.74) is 3.58. The third-order valence-corrected chi connectivity index (χ3v) is 4.44. The van der Waals surface area contributed by atoms with Crippen LogP contribution in [0.1, 0.15) is 25.8 Å². The Kier molecular flexibility index (Phi) is 4.91. The van der Waals surface area contributed by atoms with Crippen molar-refractivity contribution in [3.63, 3.8) is 0 Å². The average Bonchev–Trinajstić information content (AvgIpc) is 3.09. The van der Waals surface area contributed by atoms with E-state index >= 15 is 0 Å². The van der Waals surface area contributed by atoms with E-state index in [0.29, 0.717) is 11.4 Å². The molecule has 3 aromatic rings. The molecule has 1 aromatic heterocycles. The van der Waals surface area contributed by atoms with Crippen LogP contribution in [0.3, 0.4) is 0 Å². The van der Waals surface area contributed by atoms with Gasteiger partial charge in [0.15, 0.2) is 0 Å². The SMILES string of the molecule is CC(C)(CC(=O)Nc1ccc(-c2cn[nH]c2)cc1)c1cccc(Cl)c1. The van der Waals surface area contributed by atoms with Crippen molar-refractivity contribution in [3.8, 4) is 11.1 Å². The zero-order chi connectivity index (χ0) is 17.9. The highest BCUT2D eigenvalue weighted by atomic mass is 35.5. The number of benzene rings is 2. The summed E-state index contributed by atoms with van der Waals surface area (Å²) in [4.78, 5) is 12.4. The van der Waals surface area contributed by atoms with Gasteiger partial charge in [-0.3, -0.25) is 9.89 Å². The molecule has 0 aliphatic rings. The number of carbonyl (C=O) groups is 1. The largest absolute Gasteiger partial charge is 0.326 e. The number of amides is 1. The van der Waals surface area contributed by atoms with Crippen molar-refractivity contribution < 1.29 is 4.79 Å². The van der Waals surface area contributed by atoms with Crippen LogP contribution >= 0.6 is 11.6 Å². The molecule has 3 rings (SSSR count). The second-order valence-corrected chi connectivity index (χ2v) is 7.12. The van der Waals surface area contributed by atoms with Gasteiger partial charge in [0.25, 0.3) is 0 Å². The van der Waals surface area contributed by atoms with Gasteiger partial charge in [0.05, 0.1) is 6.20 Å². The Hall–Kier alpha value is -2.59. The number of nitrogens with one attached hydrogen (secondary N) is 2. The predicted octanol–water partition coefficient (Wildman–Crippen LogP) is 5.04. The monoisotopic (exact) mass is 353 g/mol. The van der Waals surface area contributed by atoms with E-state index < -0.39 is 0 Å². The molecule has 128 valence electrons. The standard InChI is InChI=1S/C20H20ClN3O/c1-20(2,16-4-3-5-17(21)10-16)11-19(25)24-18-8-6-14(7-9-18)15-12-22-23-13-15/h3-10,12-13H,11H2,1-2H3,(H,22,23)(H,24,25). The van der Waals surface area contributed by atoms with Gasteiger partial charge in [-0.25, -0.2) is 0 Å². The van der Waals surface area contributed by atoms with Gasteiger partial charge < -0.3 is 5.32 Å². The number of carbonyl (C=O) groups excluding carboxylic acids is 1. The molecule has 0 fully saturated rings. The van der Waals surface area contributed by atoms with Crippen molar-refractivity contribution in [1.82, 2.24) is 10.2 Å². The van der Waals surface area contributed by atoms with Crippen LogP contribution in [0.2, 0.25) is 5.02 Å². The average molecular weight is 354 g/mol. The lowest BCUT2D eigenvalue weighted by Crippen LogP contribution is -2.25. The molecule has 0 spiro atoms. The van der Waals surface area contributed by atoms with Gasteiger partial charge in [0.1, 0.15) is 0 Å². The summed E-state index contributed by atoms with van der Waals surface area (Å²) in [5, 5.41) is 10.4. The lowest BCUT2D eigenvalue weighted by molar-refractivity contribution is -0.117. The maximum absolute atomic E-state index is 12.4. The zero-order valence-electron chi connectivity index (χ0n) is 14.2. The maximum Gasteiger partial charge on any atom is 0.225 e. The number of nitrogens with zero attached hydrogens (tertiary/aromatic N) is 1. The van der Waals surface area contributed by atoms with Gasteiger partial charge in [0.2, 0.25) is 5.91 Å². The summed E-state index contributed by atoms with van der Waals surface area (Å²) in [6.45, 7) is 4.08. The van der Waals surface area contributed by atoms with Gasteiger partial charge in [-0.2, -0.15) is 5.10 Å². The Bertz CT molecular complexity index is 855. The molecule has 4 nitrogen and oxygen atoms in total. The first-order valence-electron chi connectivity index (χ1n) is 8.09. The highest BCUT2D eigenvalue weighted by Gasteiger charge is 2.24. The van der Waals surface area contributed by atoms with Crippen molar-refractivity contribution in [2.24, 2.45) is 0 Å². The Morgan fingerprint density at radius 1 is 1.16 bits per heavy atom. The summed E-state index contributed by atoms with van der Waals surface area (Å²) in [6, 6.07) is 15.4. The minimum atomic E-state index is -0.300. The fourth-order valence-corrected chi connectivity index (χ4v) is 2.96. The third kappa shape index (κ3) is 4.28. The number of hydrogen-bond donors (Lipinski definition) is 2. The quantitative estimate of drug-likeness (QED) is 0.675. The third-order valence-electron chi connectivity index (χ3n) is 4.21. The van der Waals surface area contributed by atoms with E-state index in [4.69, 9.17) is 11.6 Å². The number of hydrogen-bond acceptors (Lipinski definition) is 2. The Balaban J connectivity index is 1.66. The maximum atomic E-state index is 12.4. The van der Waals surface area contributed by atoms with Gasteiger partial charge in [-0.1, -0.05) is 49.7 Å². The minimum Gasteiger partial charge on any atom is -0.326 e. The Morgan fingerprint density at radius 2 is 1.92 bits per heavy atom. The normalized spacial score (nSPS) is 11.3. The van der Waals surface area contributed by atoms with Crippen LogP contribution in [-0.2, 0) is 10.2 Å². The van der Waals surface area contributed by atoms with E-state index in [1.165, 1.54) is 0 Å². The van der Waals surface area contributed by atoms with Crippen molar-refractivity contribution in [2.45, 2.75) is 25.7 Å². The topological polar surface area (TPSA) is 57.8 Å². The first-order valence-corrected chi connectivity index (χ1v) is 8.47. The van der Waals surface area contributed by atoms with Crippen molar-refractivity contribution >= 4 is 23.2 Å². The van der Waals surface area contributed by atoms with Crippen molar-refractivity contribution in [1.29, 1.82) is 0 Å². The van der Waals surface area contributed by atoms with E-state index in [0.717, 1.165) is 22.4 Å². The van der Waals surface area contributed by atoms with Crippen LogP contribution in [0.4, 0.5) is 5.69 Å². The summed E-state index contributed by atoms with van der Waals surface area (Å²) >= 11 is 6.07. The van der Waals surface area contributed by atoms with E-state index in [2.05, 4.69) is 15.5 Å². The fraction of sp³-hybridized carbons (Fsp3) is 0.200. The van der Waals surface area contributed by atoms with Crippen LogP contribution in [-0.4, -0.2) is 16.1 Å². The van der Waals surface area contributed by atoms with Gasteiger partial charge in [-0.15, -0.1) is 0 Å². The molecular weight excluding hydrogens is 334 g/mol. The highest BCUT2D eigenvalue weighted by Crippen LogP contribution is 2.29. The number of anilines is 1. The molecule has 1 heterocycles. The summed E-state index contributed by atoms with van der Waals surface area (Å²) in [5.74, 6) is -0.0268. The fourth-order valence-electron chi connectivity index (χ4n) is 2.77. The molecule has 0 unspecified atom stereocenters. The summed E-state index contributed by atoms with van der Waals surface area (Å²) in [7, 11) is 0. The molecule has 2 N–H and O–H groups in total. The first-order chi connectivity index (χ1) is 11.9. The second-order valence-electron chi connectivity index (χ2n) is 6.68. The number of rotatable bonds is 5. The van der Waals surface area contributed by atoms with E-state index in [1.54, 1.807) is 6.20 Å². The summed E-state index contributed by atoms with van der Waals surface area (Å²) in [6.07, 6.45) is 3.97. The number of aromatic amines is 1. The summed E-state index contributed by atoms with van der Waals surface area (Å²) < 4.78 is 0. The molecule has 2 aromatic carbocycles. The van der Waals surface area contributed by atoms with Gasteiger partial charge in [-0.05, 0) is 40.8 Å². The number of H-pyrrole nitrogens is 1. The van der Waals surface area contributed by atoms with Crippen LogP contribution in [0.15, 0.2) is 60.9 Å². The molecule has 0 radical (unpaired) electrons. The molecule has 0 atom stereocenters. The van der Waals surface area contributed by atoms with Crippen LogP contribution in [0.25, 0.3) is 11.1 Å². The number of aromatic nitrogens is 2. The molecule has 0 bridgehead atoms. The first kappa shape index (κ1) is 17.2. The molecule has 1 amide bonds. The van der Waals surface area contributed by atoms with Gasteiger partial charge >= 0.3 is 0 Å². The Morgan fingerprint density at radius 3 is 2.56 bits per heavy atom. The Labute approximate surface area is 152 Å². The molecule has 0 saturated carbocycles. The molecule has 0 saturated heterocycles. The molecule has 5 heteroatoms. The van der Waals surface area contributed by atoms with E-state index in [9.17, 15) is 4.79 Å². The molecule has 0 aliphatic carbocycles.